The van der Waals surface area contributed by atoms with Gasteiger partial charge in [-0.05, 0) is 18.2 Å². The summed E-state index contributed by atoms with van der Waals surface area (Å²) in [4.78, 5) is 8.61. The molecule has 0 aliphatic heterocycles. The van der Waals surface area contributed by atoms with E-state index in [4.69, 9.17) is 5.73 Å². The predicted octanol–water partition coefficient (Wildman–Crippen LogP) is 2.99. The van der Waals surface area contributed by atoms with Crippen molar-refractivity contribution >= 4 is 22.7 Å². The van der Waals surface area contributed by atoms with E-state index in [2.05, 4.69) is 23.1 Å². The summed E-state index contributed by atoms with van der Waals surface area (Å²) in [6, 6.07) is 5.90. The third kappa shape index (κ3) is 1.87. The van der Waals surface area contributed by atoms with Crippen LogP contribution in [0.25, 0.3) is 28.5 Å². The van der Waals surface area contributed by atoms with Crippen LogP contribution in [0.5, 0.6) is 0 Å². The minimum Gasteiger partial charge on any atom is -0.399 e. The second kappa shape index (κ2) is 4.66. The number of aromatic nitrogens is 3. The largest absolute Gasteiger partial charge is 0.399 e. The van der Waals surface area contributed by atoms with Gasteiger partial charge in [-0.1, -0.05) is 19.2 Å². The zero-order valence-electron chi connectivity index (χ0n) is 11.0. The normalized spacial score (nSPS) is 10.6. The first-order chi connectivity index (χ1) is 9.70. The number of fused-ring (bicyclic) bond motifs is 1. The van der Waals surface area contributed by atoms with Crippen LogP contribution in [-0.2, 0) is 0 Å². The molecule has 20 heavy (non-hydrogen) atoms. The molecule has 0 aliphatic carbocycles. The van der Waals surface area contributed by atoms with Crippen LogP contribution in [0.3, 0.4) is 0 Å². The van der Waals surface area contributed by atoms with Crippen molar-refractivity contribution in [1.82, 2.24) is 14.5 Å². The topological polar surface area (TPSA) is 56.7 Å². The molecule has 98 valence electrons. The van der Waals surface area contributed by atoms with Crippen molar-refractivity contribution in [2.24, 2.45) is 5.73 Å². The van der Waals surface area contributed by atoms with Crippen LogP contribution in [0, 0.1) is 0 Å². The summed E-state index contributed by atoms with van der Waals surface area (Å²) < 4.78 is 1.97. The van der Waals surface area contributed by atoms with E-state index in [1.807, 2.05) is 35.2 Å². The lowest BCUT2D eigenvalue weighted by molar-refractivity contribution is 1.03. The van der Waals surface area contributed by atoms with Crippen molar-refractivity contribution in [2.75, 3.05) is 0 Å². The summed E-state index contributed by atoms with van der Waals surface area (Å²) in [5.74, 6) is 0.778. The molecule has 0 bridgehead atoms. The lowest BCUT2D eigenvalue weighted by Gasteiger charge is -2.09. The molecule has 3 heterocycles. The summed E-state index contributed by atoms with van der Waals surface area (Å²) in [5, 5.41) is 1.11. The Morgan fingerprint density at radius 2 is 2.15 bits per heavy atom. The van der Waals surface area contributed by atoms with E-state index in [9.17, 15) is 0 Å². The molecule has 0 aliphatic rings. The summed E-state index contributed by atoms with van der Waals surface area (Å²) >= 11 is 0. The molecule has 0 saturated heterocycles. The first-order valence-corrected chi connectivity index (χ1v) is 6.19. The van der Waals surface area contributed by atoms with Crippen LogP contribution in [0.15, 0.2) is 56.1 Å². The summed E-state index contributed by atoms with van der Waals surface area (Å²) in [5.41, 5.74) is 9.05. The highest BCUT2D eigenvalue weighted by Gasteiger charge is 2.08. The van der Waals surface area contributed by atoms with Crippen molar-refractivity contribution < 1.29 is 0 Å². The van der Waals surface area contributed by atoms with E-state index in [-0.39, 0.29) is 0 Å². The molecule has 0 atom stereocenters. The van der Waals surface area contributed by atoms with Crippen molar-refractivity contribution in [3.8, 4) is 5.82 Å². The maximum Gasteiger partial charge on any atom is 0.137 e. The Bertz CT molecular complexity index is 814. The van der Waals surface area contributed by atoms with Gasteiger partial charge in [-0.2, -0.15) is 0 Å². The summed E-state index contributed by atoms with van der Waals surface area (Å²) in [6.07, 6.45) is 9.02. The summed E-state index contributed by atoms with van der Waals surface area (Å²) in [7, 11) is 0. The van der Waals surface area contributed by atoms with Crippen molar-refractivity contribution in [3.05, 3.63) is 67.3 Å². The molecule has 0 fully saturated rings. The van der Waals surface area contributed by atoms with Gasteiger partial charge in [0.1, 0.15) is 5.82 Å². The van der Waals surface area contributed by atoms with Gasteiger partial charge in [0.25, 0.3) is 0 Å². The Labute approximate surface area is 116 Å². The molecule has 0 unspecified atom stereocenters. The highest BCUT2D eigenvalue weighted by molar-refractivity contribution is 5.81. The van der Waals surface area contributed by atoms with E-state index in [0.717, 1.165) is 27.8 Å². The molecule has 3 aromatic heterocycles. The Balaban J connectivity index is 2.22. The van der Waals surface area contributed by atoms with Gasteiger partial charge in [0.15, 0.2) is 0 Å². The minimum atomic E-state index is 0.498. The lowest BCUT2D eigenvalue weighted by atomic mass is 10.1. The molecule has 4 nitrogen and oxygen atoms in total. The zero-order valence-corrected chi connectivity index (χ0v) is 11.0. The van der Waals surface area contributed by atoms with Gasteiger partial charge in [0.2, 0.25) is 0 Å². The van der Waals surface area contributed by atoms with Gasteiger partial charge >= 0.3 is 0 Å². The number of hydrogen-bond acceptors (Lipinski definition) is 3. The Morgan fingerprint density at radius 3 is 2.90 bits per heavy atom. The lowest BCUT2D eigenvalue weighted by Crippen LogP contribution is -2.02. The molecule has 0 spiro atoms. The number of pyridine rings is 2. The molecule has 0 radical (unpaired) electrons. The van der Waals surface area contributed by atoms with Crippen LogP contribution in [-0.4, -0.2) is 14.5 Å². The Kier molecular flexibility index (Phi) is 2.84. The van der Waals surface area contributed by atoms with E-state index >= 15 is 0 Å². The van der Waals surface area contributed by atoms with Gasteiger partial charge in [-0.3, -0.25) is 9.55 Å². The maximum atomic E-state index is 5.83. The number of nitrogens with zero attached hydrogens (tertiary/aromatic N) is 3. The maximum absolute atomic E-state index is 5.83. The smallest absolute Gasteiger partial charge is 0.137 e. The number of nitrogens with two attached hydrogens (primary N) is 1. The minimum absolute atomic E-state index is 0.498. The van der Waals surface area contributed by atoms with E-state index in [0.29, 0.717) is 5.70 Å². The SMILES string of the molecule is C=Cc1cnc(-n2ccc3ccncc32)cc1C(=C)N. The fourth-order valence-corrected chi connectivity index (χ4v) is 2.20. The second-order valence-corrected chi connectivity index (χ2v) is 4.48. The first kappa shape index (κ1) is 12.2. The third-order valence-corrected chi connectivity index (χ3v) is 3.23. The van der Waals surface area contributed by atoms with Crippen molar-refractivity contribution in [1.29, 1.82) is 0 Å². The molecule has 3 rings (SSSR count). The van der Waals surface area contributed by atoms with Crippen molar-refractivity contribution in [3.63, 3.8) is 0 Å². The fourth-order valence-electron chi connectivity index (χ4n) is 2.20. The van der Waals surface area contributed by atoms with Gasteiger partial charge in [-0.25, -0.2) is 4.98 Å². The van der Waals surface area contributed by atoms with E-state index in [1.54, 1.807) is 18.5 Å². The van der Waals surface area contributed by atoms with E-state index in [1.165, 1.54) is 0 Å². The number of hydrogen-bond donors (Lipinski definition) is 1. The fraction of sp³-hybridized carbons (Fsp3) is 0. The Hall–Kier alpha value is -2.88. The molecule has 0 aromatic carbocycles. The molecular formula is C16H14N4. The van der Waals surface area contributed by atoms with Crippen LogP contribution in [0.2, 0.25) is 0 Å². The predicted molar refractivity (Wildman–Crippen MR) is 82.2 cm³/mol. The zero-order chi connectivity index (χ0) is 14.1. The van der Waals surface area contributed by atoms with Gasteiger partial charge in [0.05, 0.1) is 11.7 Å². The molecule has 3 aromatic rings. The molecule has 0 amide bonds. The van der Waals surface area contributed by atoms with Crippen LogP contribution < -0.4 is 5.73 Å². The van der Waals surface area contributed by atoms with Gasteiger partial charge in [0, 0.05) is 40.8 Å². The highest BCUT2D eigenvalue weighted by Crippen LogP contribution is 2.22. The van der Waals surface area contributed by atoms with Crippen molar-refractivity contribution in [2.45, 2.75) is 0 Å². The second-order valence-electron chi connectivity index (χ2n) is 4.48. The van der Waals surface area contributed by atoms with Gasteiger partial charge in [-0.15, -0.1) is 0 Å². The van der Waals surface area contributed by atoms with Crippen LogP contribution >= 0.6 is 0 Å². The highest BCUT2D eigenvalue weighted by atomic mass is 15.1. The monoisotopic (exact) mass is 262 g/mol. The van der Waals surface area contributed by atoms with Crippen LogP contribution in [0.4, 0.5) is 0 Å². The average molecular weight is 262 g/mol. The summed E-state index contributed by atoms with van der Waals surface area (Å²) in [6.45, 7) is 7.56. The number of rotatable bonds is 3. The molecule has 4 heteroatoms. The standard InChI is InChI=1S/C16H14N4/c1-3-12-9-19-16(8-14(12)11(2)17)20-7-5-13-4-6-18-10-15(13)20/h3-10H,1-2,17H2. The molecular weight excluding hydrogens is 248 g/mol. The third-order valence-electron chi connectivity index (χ3n) is 3.23. The quantitative estimate of drug-likeness (QED) is 0.789. The Morgan fingerprint density at radius 1 is 1.30 bits per heavy atom. The van der Waals surface area contributed by atoms with Gasteiger partial charge < -0.3 is 5.73 Å². The van der Waals surface area contributed by atoms with E-state index < -0.39 is 0 Å². The molecule has 0 saturated carbocycles. The average Bonchev–Trinajstić information content (AvgIpc) is 2.90. The molecule has 2 N–H and O–H groups in total. The van der Waals surface area contributed by atoms with Crippen LogP contribution in [0.1, 0.15) is 11.1 Å². The first-order valence-electron chi connectivity index (χ1n) is 6.19.